The van der Waals surface area contributed by atoms with Gasteiger partial charge in [0.15, 0.2) is 23.2 Å². The molecule has 1 aliphatic heterocycles. The Hall–Kier alpha value is -5.27. The third-order valence-electron chi connectivity index (χ3n) is 6.57. The standard InChI is InChI=1S/C28H24F3N5O6/c1-40-23-9-8-16(10-24(23)41-2)21-14-25(28(29,30)31)35-26(33-21)15-22(34-35)27(37)32-17-11-18(36(38)39)13-20(12-17)42-19-6-4-3-5-7-19/h3-13,15,21,25,33H,14H2,1-2H3,(H,32,37)/t21-,25-/m1/s1. The Morgan fingerprint density at radius 2 is 1.76 bits per heavy atom. The first-order chi connectivity index (χ1) is 20.0. The lowest BCUT2D eigenvalue weighted by molar-refractivity contribution is -0.384. The summed E-state index contributed by atoms with van der Waals surface area (Å²) in [6, 6.07) is 15.3. The fraction of sp³-hybridized carbons (Fsp3) is 0.214. The molecule has 14 heteroatoms. The van der Waals surface area contributed by atoms with Gasteiger partial charge in [0, 0.05) is 24.6 Å². The number of alkyl halides is 3. The van der Waals surface area contributed by atoms with Crippen LogP contribution >= 0.6 is 0 Å². The molecule has 2 heterocycles. The van der Waals surface area contributed by atoms with Crippen molar-refractivity contribution in [2.45, 2.75) is 24.7 Å². The number of non-ortho nitro benzene ring substituents is 1. The molecule has 1 amide bonds. The van der Waals surface area contributed by atoms with E-state index in [2.05, 4.69) is 15.7 Å². The van der Waals surface area contributed by atoms with Crippen LogP contribution in [0.25, 0.3) is 0 Å². The molecule has 0 radical (unpaired) electrons. The van der Waals surface area contributed by atoms with Crippen molar-refractivity contribution in [1.29, 1.82) is 0 Å². The van der Waals surface area contributed by atoms with E-state index in [0.717, 1.165) is 10.7 Å². The molecule has 0 fully saturated rings. The molecule has 2 atom stereocenters. The number of carbonyl (C=O) groups is 1. The second kappa shape index (κ2) is 11.3. The molecule has 0 bridgehead atoms. The van der Waals surface area contributed by atoms with Crippen LogP contribution in [-0.4, -0.2) is 41.0 Å². The molecule has 2 N–H and O–H groups in total. The number of anilines is 2. The summed E-state index contributed by atoms with van der Waals surface area (Å²) in [5.41, 5.74) is -0.172. The number of hydrogen-bond donors (Lipinski definition) is 2. The van der Waals surface area contributed by atoms with E-state index in [0.29, 0.717) is 22.8 Å². The molecule has 218 valence electrons. The highest BCUT2D eigenvalue weighted by Gasteiger charge is 2.47. The van der Waals surface area contributed by atoms with E-state index in [1.807, 2.05) is 0 Å². The Balaban J connectivity index is 1.43. The van der Waals surface area contributed by atoms with Gasteiger partial charge in [-0.1, -0.05) is 24.3 Å². The van der Waals surface area contributed by atoms with E-state index in [-0.39, 0.29) is 28.6 Å². The zero-order valence-corrected chi connectivity index (χ0v) is 22.2. The number of hydrogen-bond acceptors (Lipinski definition) is 8. The number of halogens is 3. The van der Waals surface area contributed by atoms with E-state index in [1.54, 1.807) is 48.5 Å². The SMILES string of the molecule is COc1ccc([C@H]2C[C@H](C(F)(F)F)n3nc(C(=O)Nc4cc(Oc5ccccc5)cc([N+](=O)[O-])c4)cc3N2)cc1OC. The van der Waals surface area contributed by atoms with Crippen LogP contribution in [-0.2, 0) is 0 Å². The summed E-state index contributed by atoms with van der Waals surface area (Å²) in [5, 5.41) is 20.9. The molecule has 0 saturated carbocycles. The molecule has 0 aliphatic carbocycles. The number of nitro benzene ring substituents is 1. The summed E-state index contributed by atoms with van der Waals surface area (Å²) >= 11 is 0. The fourth-order valence-electron chi connectivity index (χ4n) is 4.61. The topological polar surface area (TPSA) is 130 Å². The van der Waals surface area contributed by atoms with Crippen molar-refractivity contribution in [1.82, 2.24) is 9.78 Å². The van der Waals surface area contributed by atoms with Crippen molar-refractivity contribution < 1.29 is 37.1 Å². The van der Waals surface area contributed by atoms with Gasteiger partial charge in [-0.2, -0.15) is 18.3 Å². The lowest BCUT2D eigenvalue weighted by Crippen LogP contribution is -2.35. The number of para-hydroxylation sites is 1. The minimum Gasteiger partial charge on any atom is -0.493 e. The number of nitrogens with zero attached hydrogens (tertiary/aromatic N) is 3. The van der Waals surface area contributed by atoms with E-state index < -0.39 is 35.5 Å². The number of methoxy groups -OCH3 is 2. The van der Waals surface area contributed by atoms with Crippen LogP contribution in [0.4, 0.5) is 30.4 Å². The van der Waals surface area contributed by atoms with E-state index in [4.69, 9.17) is 14.2 Å². The minimum absolute atomic E-state index is 0.00496. The molecule has 0 saturated heterocycles. The predicted octanol–water partition coefficient (Wildman–Crippen LogP) is 6.51. The first-order valence-corrected chi connectivity index (χ1v) is 12.5. The van der Waals surface area contributed by atoms with Crippen molar-refractivity contribution in [2.24, 2.45) is 0 Å². The Labute approximate surface area is 237 Å². The maximum atomic E-state index is 14.2. The summed E-state index contributed by atoms with van der Waals surface area (Å²) in [7, 11) is 2.87. The molecule has 1 aliphatic rings. The highest BCUT2D eigenvalue weighted by atomic mass is 19.4. The van der Waals surface area contributed by atoms with E-state index >= 15 is 0 Å². The Kier molecular flexibility index (Phi) is 7.61. The third kappa shape index (κ3) is 5.92. The number of fused-ring (bicyclic) bond motifs is 1. The molecule has 5 rings (SSSR count). The fourth-order valence-corrected chi connectivity index (χ4v) is 4.61. The van der Waals surface area contributed by atoms with Gasteiger partial charge < -0.3 is 24.8 Å². The molecule has 0 spiro atoms. The van der Waals surface area contributed by atoms with Gasteiger partial charge in [0.05, 0.1) is 36.9 Å². The van der Waals surface area contributed by atoms with Crippen LogP contribution in [0, 0.1) is 10.1 Å². The summed E-state index contributed by atoms with van der Waals surface area (Å²) < 4.78 is 59.4. The number of rotatable bonds is 8. The van der Waals surface area contributed by atoms with Crippen molar-refractivity contribution in [2.75, 3.05) is 24.9 Å². The number of nitro groups is 1. The van der Waals surface area contributed by atoms with Gasteiger partial charge in [-0.15, -0.1) is 0 Å². The first-order valence-electron chi connectivity index (χ1n) is 12.5. The zero-order chi connectivity index (χ0) is 30.0. The smallest absolute Gasteiger partial charge is 0.410 e. The van der Waals surface area contributed by atoms with Crippen LogP contribution in [0.2, 0.25) is 0 Å². The van der Waals surface area contributed by atoms with Crippen molar-refractivity contribution in [3.05, 3.63) is 94.2 Å². The van der Waals surface area contributed by atoms with Gasteiger partial charge >= 0.3 is 6.18 Å². The van der Waals surface area contributed by atoms with Gasteiger partial charge in [0.25, 0.3) is 11.6 Å². The Morgan fingerprint density at radius 1 is 1.02 bits per heavy atom. The average Bonchev–Trinajstić information content (AvgIpc) is 3.40. The van der Waals surface area contributed by atoms with Crippen LogP contribution in [0.3, 0.4) is 0 Å². The molecule has 11 nitrogen and oxygen atoms in total. The summed E-state index contributed by atoms with van der Waals surface area (Å²) in [5.74, 6) is 0.366. The first kappa shape index (κ1) is 28.3. The lowest BCUT2D eigenvalue weighted by Gasteiger charge is -2.33. The zero-order valence-electron chi connectivity index (χ0n) is 22.2. The number of benzene rings is 3. The maximum absolute atomic E-state index is 14.2. The Morgan fingerprint density at radius 3 is 2.43 bits per heavy atom. The average molecular weight is 584 g/mol. The monoisotopic (exact) mass is 583 g/mol. The second-order valence-electron chi connectivity index (χ2n) is 9.31. The van der Waals surface area contributed by atoms with Crippen LogP contribution in [0.5, 0.6) is 23.0 Å². The number of aromatic nitrogens is 2. The van der Waals surface area contributed by atoms with Gasteiger partial charge in [0.2, 0.25) is 0 Å². The van der Waals surface area contributed by atoms with Crippen molar-refractivity contribution in [3.63, 3.8) is 0 Å². The molecule has 0 unspecified atom stereocenters. The highest BCUT2D eigenvalue weighted by Crippen LogP contribution is 2.45. The van der Waals surface area contributed by atoms with Crippen LogP contribution in [0.1, 0.15) is 34.6 Å². The third-order valence-corrected chi connectivity index (χ3v) is 6.57. The summed E-state index contributed by atoms with van der Waals surface area (Å²) in [4.78, 5) is 23.9. The number of amides is 1. The molecule has 4 aromatic rings. The van der Waals surface area contributed by atoms with E-state index in [1.165, 1.54) is 32.4 Å². The van der Waals surface area contributed by atoms with Gasteiger partial charge in [0.1, 0.15) is 17.3 Å². The molecule has 3 aromatic carbocycles. The number of carbonyl (C=O) groups excluding carboxylic acids is 1. The number of nitrogens with one attached hydrogen (secondary N) is 2. The summed E-state index contributed by atoms with van der Waals surface area (Å²) in [6.07, 6.45) is -5.07. The van der Waals surface area contributed by atoms with Crippen LogP contribution in [0.15, 0.2) is 72.8 Å². The van der Waals surface area contributed by atoms with Crippen molar-refractivity contribution in [3.8, 4) is 23.0 Å². The minimum atomic E-state index is -4.67. The molecular formula is C28H24F3N5O6. The van der Waals surface area contributed by atoms with Gasteiger partial charge in [-0.05, 0) is 29.8 Å². The molecular weight excluding hydrogens is 559 g/mol. The van der Waals surface area contributed by atoms with E-state index in [9.17, 15) is 28.1 Å². The Bertz CT molecular complexity index is 1630. The predicted molar refractivity (Wildman–Crippen MR) is 145 cm³/mol. The molecule has 1 aromatic heterocycles. The largest absolute Gasteiger partial charge is 0.493 e. The maximum Gasteiger partial charge on any atom is 0.410 e. The lowest BCUT2D eigenvalue weighted by atomic mass is 9.96. The van der Waals surface area contributed by atoms with Gasteiger partial charge in [-0.25, -0.2) is 4.68 Å². The molecule has 42 heavy (non-hydrogen) atoms. The summed E-state index contributed by atoms with van der Waals surface area (Å²) in [6.45, 7) is 0. The second-order valence-corrected chi connectivity index (χ2v) is 9.31. The number of ether oxygens (including phenoxy) is 3. The quantitative estimate of drug-likeness (QED) is 0.177. The highest BCUT2D eigenvalue weighted by molar-refractivity contribution is 6.03. The van der Waals surface area contributed by atoms with Crippen LogP contribution < -0.4 is 24.8 Å². The van der Waals surface area contributed by atoms with Crippen molar-refractivity contribution >= 4 is 23.1 Å². The van der Waals surface area contributed by atoms with Gasteiger partial charge in [-0.3, -0.25) is 14.9 Å². The normalized spacial score (nSPS) is 16.1.